The summed E-state index contributed by atoms with van der Waals surface area (Å²) in [6.45, 7) is 4.13. The number of thioether (sulfide) groups is 1. The fourth-order valence-electron chi connectivity index (χ4n) is 3.32. The molecule has 0 saturated carbocycles. The van der Waals surface area contributed by atoms with Crippen LogP contribution in [0.1, 0.15) is 33.6 Å². The molecular weight excluding hydrogens is 392 g/mol. The maximum atomic E-state index is 12.5. The average Bonchev–Trinajstić information content (AvgIpc) is 2.61. The molecule has 1 heterocycles. The van der Waals surface area contributed by atoms with E-state index in [0.29, 0.717) is 5.75 Å². The Kier molecular flexibility index (Phi) is 9.81. The van der Waals surface area contributed by atoms with Gasteiger partial charge in [0.15, 0.2) is 0 Å². The summed E-state index contributed by atoms with van der Waals surface area (Å²) >= 11 is 1.49. The normalized spacial score (nSPS) is 31.4. The molecule has 5 N–H and O–H groups in total. The maximum absolute atomic E-state index is 12.5. The van der Waals surface area contributed by atoms with Gasteiger partial charge >= 0.3 is 5.97 Å². The minimum Gasteiger partial charge on any atom is -0.477 e. The minimum atomic E-state index is -2.24. The molecule has 0 aromatic heterocycles. The molecule has 0 spiro atoms. The van der Waals surface area contributed by atoms with E-state index in [1.165, 1.54) is 11.8 Å². The zero-order chi connectivity index (χ0) is 21.6. The van der Waals surface area contributed by atoms with Crippen LogP contribution in [0.4, 0.5) is 0 Å². The predicted octanol–water partition coefficient (Wildman–Crippen LogP) is -0.369. The lowest BCUT2D eigenvalue weighted by atomic mass is 9.79. The Balaban J connectivity index is 3.21. The summed E-state index contributed by atoms with van der Waals surface area (Å²) in [7, 11) is 0. The van der Waals surface area contributed by atoms with E-state index in [-0.39, 0.29) is 18.1 Å². The fourth-order valence-corrected chi connectivity index (χ4v) is 4.01. The van der Waals surface area contributed by atoms with Gasteiger partial charge < -0.3 is 35.0 Å². The Bertz CT molecular complexity index is 529. The molecule has 164 valence electrons. The van der Waals surface area contributed by atoms with Crippen LogP contribution < -0.4 is 0 Å². The summed E-state index contributed by atoms with van der Waals surface area (Å²) in [6, 6.07) is 0. The van der Waals surface area contributed by atoms with Gasteiger partial charge in [0.2, 0.25) is 0 Å². The number of carboxylic acid groups (broad SMARTS) is 1. The summed E-state index contributed by atoms with van der Waals surface area (Å²) in [5.74, 6) is -4.59. The molecule has 28 heavy (non-hydrogen) atoms. The van der Waals surface area contributed by atoms with Crippen molar-refractivity contribution in [1.29, 1.82) is 0 Å². The number of aliphatic carboxylic acids is 1. The van der Waals surface area contributed by atoms with Crippen LogP contribution in [-0.2, 0) is 19.1 Å². The number of rotatable bonds is 11. The first kappa shape index (κ1) is 25.3. The van der Waals surface area contributed by atoms with Gasteiger partial charge in [-0.1, -0.05) is 6.92 Å². The van der Waals surface area contributed by atoms with Gasteiger partial charge in [-0.2, -0.15) is 11.8 Å². The third-order valence-electron chi connectivity index (χ3n) is 4.79. The quantitative estimate of drug-likeness (QED) is 0.297. The Hall–Kier alpha value is -0.750. The van der Waals surface area contributed by atoms with Crippen LogP contribution >= 0.6 is 11.8 Å². The molecule has 7 atom stereocenters. The topological polar surface area (TPSA) is 154 Å². The van der Waals surface area contributed by atoms with Crippen LogP contribution in [-0.4, -0.2) is 92.2 Å². The molecule has 0 aromatic rings. The van der Waals surface area contributed by atoms with Crippen molar-refractivity contribution in [3.05, 3.63) is 0 Å². The van der Waals surface area contributed by atoms with Crippen LogP contribution in [0.2, 0.25) is 0 Å². The number of aliphatic hydroxyl groups excluding tert-OH is 4. The lowest BCUT2D eigenvalue weighted by Gasteiger charge is -2.47. The second-order valence-electron chi connectivity index (χ2n) is 7.51. The Labute approximate surface area is 169 Å². The van der Waals surface area contributed by atoms with Gasteiger partial charge in [0, 0.05) is 30.4 Å². The summed E-state index contributed by atoms with van der Waals surface area (Å²) in [5.41, 5.74) is 0. The molecule has 1 aliphatic heterocycles. The first-order valence-electron chi connectivity index (χ1n) is 9.24. The van der Waals surface area contributed by atoms with E-state index in [4.69, 9.17) is 14.6 Å². The molecule has 10 heteroatoms. The van der Waals surface area contributed by atoms with Crippen molar-refractivity contribution < 1.29 is 44.6 Å². The summed E-state index contributed by atoms with van der Waals surface area (Å²) in [4.78, 5) is 24.4. The lowest BCUT2D eigenvalue weighted by molar-refractivity contribution is -0.327. The lowest BCUT2D eigenvalue weighted by Crippen LogP contribution is -2.62. The highest BCUT2D eigenvalue weighted by molar-refractivity contribution is 7.98. The molecule has 1 rings (SSSR count). The molecule has 0 aromatic carbocycles. The number of hydrogen-bond acceptors (Lipinski definition) is 9. The van der Waals surface area contributed by atoms with Gasteiger partial charge in [0.25, 0.3) is 5.79 Å². The van der Waals surface area contributed by atoms with Gasteiger partial charge in [-0.3, -0.25) is 4.79 Å². The first-order valence-corrected chi connectivity index (χ1v) is 10.6. The Morgan fingerprint density at radius 1 is 1.29 bits per heavy atom. The highest BCUT2D eigenvalue weighted by atomic mass is 32.2. The van der Waals surface area contributed by atoms with Crippen molar-refractivity contribution in [2.24, 2.45) is 11.8 Å². The summed E-state index contributed by atoms with van der Waals surface area (Å²) < 4.78 is 11.0. The van der Waals surface area contributed by atoms with Gasteiger partial charge in [0.05, 0.1) is 24.9 Å². The van der Waals surface area contributed by atoms with Crippen LogP contribution in [0, 0.1) is 11.8 Å². The molecule has 9 nitrogen and oxygen atoms in total. The van der Waals surface area contributed by atoms with E-state index in [0.717, 1.165) is 0 Å². The van der Waals surface area contributed by atoms with Gasteiger partial charge in [-0.05, 0) is 20.1 Å². The Morgan fingerprint density at radius 2 is 1.89 bits per heavy atom. The van der Waals surface area contributed by atoms with Gasteiger partial charge in [-0.25, -0.2) is 4.79 Å². The van der Waals surface area contributed by atoms with Crippen molar-refractivity contribution >= 4 is 23.5 Å². The number of carboxylic acids is 1. The van der Waals surface area contributed by atoms with E-state index >= 15 is 0 Å². The molecule has 0 aliphatic carbocycles. The molecule has 1 aliphatic rings. The maximum Gasteiger partial charge on any atom is 0.364 e. The van der Waals surface area contributed by atoms with Gasteiger partial charge in [0.1, 0.15) is 18.0 Å². The zero-order valence-corrected chi connectivity index (χ0v) is 17.5. The monoisotopic (exact) mass is 424 g/mol. The molecular formula is C18H32O9S. The van der Waals surface area contributed by atoms with E-state index in [1.807, 2.05) is 6.26 Å². The number of ether oxygens (including phenoxy) is 2. The number of aliphatic hydroxyl groups is 4. The molecule has 0 radical (unpaired) electrons. The summed E-state index contributed by atoms with van der Waals surface area (Å²) in [6.07, 6.45) is -5.43. The fraction of sp³-hybridized carbons (Fsp3) is 0.889. The van der Waals surface area contributed by atoms with E-state index in [1.54, 1.807) is 20.8 Å². The van der Waals surface area contributed by atoms with Crippen LogP contribution in [0.15, 0.2) is 0 Å². The smallest absolute Gasteiger partial charge is 0.364 e. The molecule has 0 amide bonds. The van der Waals surface area contributed by atoms with Crippen LogP contribution in [0.3, 0.4) is 0 Å². The SMILES string of the molecule is CSCC(C)C(=O)CC1C(O)CC(OC(C)C)(C(=O)O)OC1C(O)C(O)CO. The highest BCUT2D eigenvalue weighted by Gasteiger charge is 2.56. The highest BCUT2D eigenvalue weighted by Crippen LogP contribution is 2.39. The molecule has 0 bridgehead atoms. The van der Waals surface area contributed by atoms with Crippen LogP contribution in [0.5, 0.6) is 0 Å². The van der Waals surface area contributed by atoms with E-state index in [9.17, 15) is 30.0 Å². The first-order chi connectivity index (χ1) is 13.0. The second kappa shape index (κ2) is 10.9. The van der Waals surface area contributed by atoms with Crippen LogP contribution in [0.25, 0.3) is 0 Å². The van der Waals surface area contributed by atoms with E-state index < -0.39 is 61.2 Å². The number of hydrogen-bond donors (Lipinski definition) is 5. The Morgan fingerprint density at radius 3 is 2.36 bits per heavy atom. The molecule has 7 unspecified atom stereocenters. The zero-order valence-electron chi connectivity index (χ0n) is 16.6. The van der Waals surface area contributed by atoms with Crippen molar-refractivity contribution in [2.45, 2.75) is 69.9 Å². The predicted molar refractivity (Wildman–Crippen MR) is 102 cm³/mol. The van der Waals surface area contributed by atoms with Crippen molar-refractivity contribution in [3.8, 4) is 0 Å². The second-order valence-corrected chi connectivity index (χ2v) is 8.42. The average molecular weight is 425 g/mol. The largest absolute Gasteiger partial charge is 0.477 e. The van der Waals surface area contributed by atoms with Crippen molar-refractivity contribution in [3.63, 3.8) is 0 Å². The van der Waals surface area contributed by atoms with E-state index in [2.05, 4.69) is 0 Å². The van der Waals surface area contributed by atoms with Crippen molar-refractivity contribution in [1.82, 2.24) is 0 Å². The number of ketones is 1. The summed E-state index contributed by atoms with van der Waals surface area (Å²) in [5, 5.41) is 49.8. The van der Waals surface area contributed by atoms with Crippen molar-refractivity contribution in [2.75, 3.05) is 18.6 Å². The standard InChI is InChI=1S/C18H32O9S/c1-9(2)26-18(17(24)25)6-13(21)11(5-12(20)10(3)8-28-4)16(27-18)15(23)14(22)7-19/h9-11,13-16,19,21-23H,5-8H2,1-4H3,(H,24,25). The molecule has 1 fully saturated rings. The number of carbonyl (C=O) groups excluding carboxylic acids is 1. The third-order valence-corrected chi connectivity index (χ3v) is 5.63. The number of Topliss-reactive ketones (excluding diaryl/α,β-unsaturated/α-hetero) is 1. The van der Waals surface area contributed by atoms with Gasteiger partial charge in [-0.15, -0.1) is 0 Å². The molecule has 1 saturated heterocycles. The number of carbonyl (C=O) groups is 2. The third kappa shape index (κ3) is 6.12. The minimum absolute atomic E-state index is 0.167.